The van der Waals surface area contributed by atoms with Crippen LogP contribution in [0.5, 0.6) is 0 Å². The second-order valence-electron chi connectivity index (χ2n) is 5.28. The van der Waals surface area contributed by atoms with Crippen molar-refractivity contribution in [1.29, 1.82) is 0 Å². The van der Waals surface area contributed by atoms with E-state index >= 15 is 0 Å². The molecule has 0 aliphatic heterocycles. The summed E-state index contributed by atoms with van der Waals surface area (Å²) in [5, 5.41) is 3.68. The highest BCUT2D eigenvalue weighted by Gasteiger charge is 2.13. The fraction of sp³-hybridized carbons (Fsp3) is 0.500. The van der Waals surface area contributed by atoms with Gasteiger partial charge in [0.05, 0.1) is 6.26 Å². The van der Waals surface area contributed by atoms with Crippen molar-refractivity contribution in [2.45, 2.75) is 52.6 Å². The van der Waals surface area contributed by atoms with E-state index in [1.54, 1.807) is 6.26 Å². The van der Waals surface area contributed by atoms with Gasteiger partial charge in [-0.05, 0) is 57.9 Å². The molecule has 2 aromatic rings. The Morgan fingerprint density at radius 2 is 2.11 bits per heavy atom. The summed E-state index contributed by atoms with van der Waals surface area (Å²) < 4.78 is 5.37. The first-order chi connectivity index (χ1) is 9.06. The largest absolute Gasteiger partial charge is 0.469 e. The van der Waals surface area contributed by atoms with Crippen LogP contribution in [-0.4, -0.2) is 6.04 Å². The van der Waals surface area contributed by atoms with Gasteiger partial charge >= 0.3 is 0 Å². The Bertz CT molecular complexity index is 501. The zero-order valence-electron chi connectivity index (χ0n) is 12.2. The third kappa shape index (κ3) is 3.95. The second kappa shape index (κ2) is 6.40. The van der Waals surface area contributed by atoms with E-state index in [9.17, 15) is 0 Å². The highest BCUT2D eigenvalue weighted by Crippen LogP contribution is 2.26. The molecule has 0 aliphatic rings. The predicted molar refractivity (Wildman–Crippen MR) is 81.8 cm³/mol. The first-order valence-electron chi connectivity index (χ1n) is 6.91. The summed E-state index contributed by atoms with van der Waals surface area (Å²) >= 11 is 1.88. The van der Waals surface area contributed by atoms with Crippen LogP contribution in [-0.2, 0) is 6.42 Å². The van der Waals surface area contributed by atoms with Gasteiger partial charge in [0.1, 0.15) is 5.76 Å². The van der Waals surface area contributed by atoms with Crippen LogP contribution in [0.1, 0.15) is 47.4 Å². The summed E-state index contributed by atoms with van der Waals surface area (Å²) in [4.78, 5) is 2.82. The maximum Gasteiger partial charge on any atom is 0.103 e. The van der Waals surface area contributed by atoms with Crippen LogP contribution in [0.3, 0.4) is 0 Å². The summed E-state index contributed by atoms with van der Waals surface area (Å²) in [6.45, 7) is 8.87. The molecule has 2 heterocycles. The molecule has 0 spiro atoms. The molecule has 104 valence electrons. The van der Waals surface area contributed by atoms with Gasteiger partial charge in [0.15, 0.2) is 0 Å². The van der Waals surface area contributed by atoms with E-state index in [1.807, 2.05) is 23.5 Å². The summed E-state index contributed by atoms with van der Waals surface area (Å²) in [6.07, 6.45) is 3.84. The monoisotopic (exact) mass is 277 g/mol. The van der Waals surface area contributed by atoms with E-state index in [2.05, 4.69) is 39.1 Å². The third-order valence-corrected chi connectivity index (χ3v) is 4.47. The quantitative estimate of drug-likeness (QED) is 0.832. The van der Waals surface area contributed by atoms with E-state index < -0.39 is 0 Å². The van der Waals surface area contributed by atoms with Crippen LogP contribution < -0.4 is 5.32 Å². The van der Waals surface area contributed by atoms with Gasteiger partial charge in [0.2, 0.25) is 0 Å². The van der Waals surface area contributed by atoms with E-state index in [1.165, 1.54) is 15.3 Å². The third-order valence-electron chi connectivity index (χ3n) is 3.48. The van der Waals surface area contributed by atoms with Crippen LogP contribution in [0.4, 0.5) is 0 Å². The van der Waals surface area contributed by atoms with Gasteiger partial charge in [-0.15, -0.1) is 11.3 Å². The Hall–Kier alpha value is -1.06. The van der Waals surface area contributed by atoms with Crippen LogP contribution >= 0.6 is 11.3 Å². The summed E-state index contributed by atoms with van der Waals surface area (Å²) in [7, 11) is 0. The zero-order chi connectivity index (χ0) is 13.8. The average molecular weight is 277 g/mol. The molecule has 0 bridgehead atoms. The van der Waals surface area contributed by atoms with Crippen LogP contribution in [0.2, 0.25) is 0 Å². The van der Waals surface area contributed by atoms with Crippen molar-refractivity contribution in [2.24, 2.45) is 0 Å². The van der Waals surface area contributed by atoms with Gasteiger partial charge in [0.25, 0.3) is 0 Å². The lowest BCUT2D eigenvalue weighted by Crippen LogP contribution is -2.29. The van der Waals surface area contributed by atoms with Gasteiger partial charge < -0.3 is 9.73 Å². The number of hydrogen-bond acceptors (Lipinski definition) is 3. The SMILES string of the molecule is Cc1cc(C(C)NC(C)CCc2ccco2)c(C)s1. The van der Waals surface area contributed by atoms with Crippen molar-refractivity contribution in [1.82, 2.24) is 5.32 Å². The molecule has 2 aromatic heterocycles. The van der Waals surface area contributed by atoms with Gasteiger partial charge in [-0.25, -0.2) is 0 Å². The lowest BCUT2D eigenvalue weighted by Gasteiger charge is -2.20. The molecule has 0 radical (unpaired) electrons. The number of rotatable bonds is 6. The molecule has 19 heavy (non-hydrogen) atoms. The molecule has 2 unspecified atom stereocenters. The Morgan fingerprint density at radius 3 is 2.68 bits per heavy atom. The Morgan fingerprint density at radius 1 is 1.32 bits per heavy atom. The van der Waals surface area contributed by atoms with E-state index in [0.717, 1.165) is 18.6 Å². The average Bonchev–Trinajstić information content (AvgIpc) is 2.96. The van der Waals surface area contributed by atoms with Crippen molar-refractivity contribution in [2.75, 3.05) is 0 Å². The van der Waals surface area contributed by atoms with Crippen molar-refractivity contribution in [3.8, 4) is 0 Å². The fourth-order valence-electron chi connectivity index (χ4n) is 2.49. The fourth-order valence-corrected chi connectivity index (χ4v) is 3.52. The minimum Gasteiger partial charge on any atom is -0.469 e. The Kier molecular flexibility index (Phi) is 4.83. The van der Waals surface area contributed by atoms with Gasteiger partial charge in [-0.1, -0.05) is 0 Å². The Labute approximate surface area is 119 Å². The molecule has 0 saturated carbocycles. The highest BCUT2D eigenvalue weighted by molar-refractivity contribution is 7.12. The summed E-state index contributed by atoms with van der Waals surface area (Å²) in [5.41, 5.74) is 1.44. The van der Waals surface area contributed by atoms with E-state index in [-0.39, 0.29) is 0 Å². The molecule has 0 aromatic carbocycles. The van der Waals surface area contributed by atoms with Crippen molar-refractivity contribution < 1.29 is 4.42 Å². The molecule has 2 atom stereocenters. The predicted octanol–water partition coefficient (Wildman–Crippen LogP) is 4.63. The van der Waals surface area contributed by atoms with Crippen LogP contribution in [0.25, 0.3) is 0 Å². The van der Waals surface area contributed by atoms with Gasteiger partial charge in [-0.2, -0.15) is 0 Å². The maximum atomic E-state index is 5.37. The minimum absolute atomic E-state index is 0.413. The molecule has 3 heteroatoms. The molecule has 2 rings (SSSR count). The number of furan rings is 1. The van der Waals surface area contributed by atoms with E-state index in [4.69, 9.17) is 4.42 Å². The Balaban J connectivity index is 1.84. The number of hydrogen-bond donors (Lipinski definition) is 1. The number of thiophene rings is 1. The molecule has 2 nitrogen and oxygen atoms in total. The van der Waals surface area contributed by atoms with Crippen LogP contribution in [0, 0.1) is 13.8 Å². The molecule has 0 aliphatic carbocycles. The van der Waals surface area contributed by atoms with Gasteiger partial charge in [0, 0.05) is 28.3 Å². The minimum atomic E-state index is 0.413. The summed E-state index contributed by atoms with van der Waals surface area (Å²) in [5.74, 6) is 1.07. The molecule has 0 saturated heterocycles. The molecular weight excluding hydrogens is 254 g/mol. The molecule has 0 fully saturated rings. The zero-order valence-corrected chi connectivity index (χ0v) is 13.0. The molecular formula is C16H23NOS. The number of aryl methyl sites for hydroxylation is 3. The first kappa shape index (κ1) is 14.4. The van der Waals surface area contributed by atoms with Crippen LogP contribution in [0.15, 0.2) is 28.9 Å². The molecule has 1 N–H and O–H groups in total. The lowest BCUT2D eigenvalue weighted by atomic mass is 10.1. The number of nitrogens with one attached hydrogen (secondary N) is 1. The second-order valence-corrected chi connectivity index (χ2v) is 6.74. The lowest BCUT2D eigenvalue weighted by molar-refractivity contribution is 0.430. The smallest absolute Gasteiger partial charge is 0.103 e. The van der Waals surface area contributed by atoms with E-state index in [0.29, 0.717) is 12.1 Å². The maximum absolute atomic E-state index is 5.37. The standard InChI is InChI=1S/C16H23NOS/c1-11(7-8-15-6-5-9-18-15)17-13(3)16-10-12(2)19-14(16)4/h5-6,9-11,13,17H,7-8H2,1-4H3. The van der Waals surface area contributed by atoms with Crippen molar-refractivity contribution >= 4 is 11.3 Å². The summed E-state index contributed by atoms with van der Waals surface area (Å²) in [6, 6.07) is 7.20. The normalized spacial score (nSPS) is 14.5. The van der Waals surface area contributed by atoms with Crippen molar-refractivity contribution in [3.05, 3.63) is 45.5 Å². The topological polar surface area (TPSA) is 25.2 Å². The highest BCUT2D eigenvalue weighted by atomic mass is 32.1. The first-order valence-corrected chi connectivity index (χ1v) is 7.73. The molecule has 0 amide bonds. The van der Waals surface area contributed by atoms with Gasteiger partial charge in [-0.3, -0.25) is 0 Å². The van der Waals surface area contributed by atoms with Crippen molar-refractivity contribution in [3.63, 3.8) is 0 Å².